The molecule has 2 amide bonds. The van der Waals surface area contributed by atoms with Crippen molar-refractivity contribution in [2.75, 3.05) is 18.5 Å². The molecule has 1 saturated heterocycles. The van der Waals surface area contributed by atoms with Crippen molar-refractivity contribution in [2.45, 2.75) is 18.9 Å². The Morgan fingerprint density at radius 3 is 2.74 bits per heavy atom. The van der Waals surface area contributed by atoms with Gasteiger partial charge in [0.25, 0.3) is 0 Å². The Labute approximate surface area is 198 Å². The SMILES string of the molecule is CCNc1cccn2c(C#Cc3cccc(C4(c5ccccc5)CCON4C(N)=O)c3)cnc12. The monoisotopic (exact) mass is 451 g/mol. The first-order valence-electron chi connectivity index (χ1n) is 11.2. The predicted molar refractivity (Wildman–Crippen MR) is 131 cm³/mol. The lowest BCUT2D eigenvalue weighted by atomic mass is 9.80. The van der Waals surface area contributed by atoms with Crippen LogP contribution < -0.4 is 11.1 Å². The van der Waals surface area contributed by atoms with Crippen LogP contribution in [-0.4, -0.2) is 33.6 Å². The third-order valence-corrected chi connectivity index (χ3v) is 6.06. The van der Waals surface area contributed by atoms with Gasteiger partial charge in [-0.15, -0.1) is 0 Å². The highest BCUT2D eigenvalue weighted by Gasteiger charge is 2.47. The number of nitrogens with two attached hydrogens (primary N) is 1. The molecule has 1 aliphatic rings. The number of urea groups is 1. The molecule has 5 rings (SSSR count). The number of nitrogens with zero attached hydrogens (tertiary/aromatic N) is 3. The molecule has 34 heavy (non-hydrogen) atoms. The maximum atomic E-state index is 12.3. The van der Waals surface area contributed by atoms with E-state index in [1.807, 2.05) is 77.3 Å². The molecule has 4 aromatic rings. The van der Waals surface area contributed by atoms with Crippen LogP contribution in [0.2, 0.25) is 0 Å². The molecule has 1 aliphatic heterocycles. The fourth-order valence-corrected chi connectivity index (χ4v) is 4.57. The van der Waals surface area contributed by atoms with Gasteiger partial charge in [-0.3, -0.25) is 9.24 Å². The van der Waals surface area contributed by atoms with Gasteiger partial charge < -0.3 is 11.1 Å². The van der Waals surface area contributed by atoms with Gasteiger partial charge in [-0.1, -0.05) is 48.4 Å². The van der Waals surface area contributed by atoms with E-state index in [0.717, 1.165) is 40.3 Å². The minimum atomic E-state index is -0.811. The molecule has 3 N–H and O–H groups in total. The minimum Gasteiger partial charge on any atom is -0.382 e. The van der Waals surface area contributed by atoms with Crippen molar-refractivity contribution < 1.29 is 9.63 Å². The molecule has 0 spiro atoms. The number of hydrogen-bond donors (Lipinski definition) is 2. The summed E-state index contributed by atoms with van der Waals surface area (Å²) in [4.78, 5) is 22.5. The highest BCUT2D eigenvalue weighted by Crippen LogP contribution is 2.43. The van der Waals surface area contributed by atoms with E-state index in [1.54, 1.807) is 6.20 Å². The number of carbonyl (C=O) groups is 1. The molecule has 0 radical (unpaired) electrons. The fraction of sp³-hybridized carbons (Fsp3) is 0.185. The van der Waals surface area contributed by atoms with Crippen molar-refractivity contribution in [3.8, 4) is 11.8 Å². The molecule has 170 valence electrons. The van der Waals surface area contributed by atoms with Crippen molar-refractivity contribution in [2.24, 2.45) is 5.73 Å². The number of nitrogens with one attached hydrogen (secondary N) is 1. The van der Waals surface area contributed by atoms with Gasteiger partial charge in [0.15, 0.2) is 5.65 Å². The lowest BCUT2D eigenvalue weighted by Crippen LogP contribution is -2.47. The number of hydroxylamine groups is 2. The van der Waals surface area contributed by atoms with Gasteiger partial charge in [0.2, 0.25) is 0 Å². The lowest BCUT2D eigenvalue weighted by molar-refractivity contribution is -0.107. The Balaban J connectivity index is 1.56. The number of aromatic nitrogens is 2. The molecular weight excluding hydrogens is 426 g/mol. The fourth-order valence-electron chi connectivity index (χ4n) is 4.57. The molecule has 2 aromatic heterocycles. The van der Waals surface area contributed by atoms with Crippen molar-refractivity contribution in [1.29, 1.82) is 0 Å². The first-order chi connectivity index (χ1) is 16.6. The summed E-state index contributed by atoms with van der Waals surface area (Å²) in [5.74, 6) is 6.50. The smallest absolute Gasteiger partial charge is 0.339 e. The van der Waals surface area contributed by atoms with Crippen molar-refractivity contribution in [3.05, 3.63) is 102 Å². The highest BCUT2D eigenvalue weighted by atomic mass is 16.7. The van der Waals surface area contributed by atoms with Crippen LogP contribution >= 0.6 is 0 Å². The van der Waals surface area contributed by atoms with Crippen molar-refractivity contribution >= 4 is 17.4 Å². The summed E-state index contributed by atoms with van der Waals surface area (Å²) in [6.45, 7) is 3.26. The average molecular weight is 452 g/mol. The van der Waals surface area contributed by atoms with E-state index in [1.165, 1.54) is 5.06 Å². The molecular formula is C27H25N5O2. The van der Waals surface area contributed by atoms with Crippen molar-refractivity contribution in [3.63, 3.8) is 0 Å². The Morgan fingerprint density at radius 2 is 1.94 bits per heavy atom. The molecule has 7 nitrogen and oxygen atoms in total. The zero-order valence-corrected chi connectivity index (χ0v) is 18.9. The Hall–Kier alpha value is -4.28. The number of hydrogen-bond acceptors (Lipinski definition) is 4. The molecule has 1 fully saturated rings. The zero-order valence-electron chi connectivity index (χ0n) is 18.9. The van der Waals surface area contributed by atoms with Gasteiger partial charge in [0, 0.05) is 24.7 Å². The van der Waals surface area contributed by atoms with Crippen LogP contribution in [0, 0.1) is 11.8 Å². The van der Waals surface area contributed by atoms with E-state index >= 15 is 0 Å². The van der Waals surface area contributed by atoms with E-state index in [0.29, 0.717) is 13.0 Å². The van der Waals surface area contributed by atoms with Gasteiger partial charge in [0.1, 0.15) is 11.2 Å². The number of benzene rings is 2. The summed E-state index contributed by atoms with van der Waals surface area (Å²) in [6, 6.07) is 21.1. The van der Waals surface area contributed by atoms with Crippen LogP contribution in [0.1, 0.15) is 35.7 Å². The molecule has 0 bridgehead atoms. The molecule has 0 saturated carbocycles. The first kappa shape index (κ1) is 21.6. The number of pyridine rings is 1. The largest absolute Gasteiger partial charge is 0.382 e. The number of imidazole rings is 1. The van der Waals surface area contributed by atoms with E-state index < -0.39 is 11.6 Å². The maximum absolute atomic E-state index is 12.3. The number of rotatable bonds is 4. The molecule has 1 unspecified atom stereocenters. The number of anilines is 1. The first-order valence-corrected chi connectivity index (χ1v) is 11.2. The van der Waals surface area contributed by atoms with Crippen molar-refractivity contribution in [1.82, 2.24) is 14.4 Å². The topological polar surface area (TPSA) is 84.9 Å². The summed E-state index contributed by atoms with van der Waals surface area (Å²) in [5, 5.41) is 4.62. The van der Waals surface area contributed by atoms with Crippen LogP contribution in [0.4, 0.5) is 10.5 Å². The Bertz CT molecular complexity index is 1400. The molecule has 2 aromatic carbocycles. The summed E-state index contributed by atoms with van der Waals surface area (Å²) in [7, 11) is 0. The van der Waals surface area contributed by atoms with E-state index in [-0.39, 0.29) is 0 Å². The second-order valence-corrected chi connectivity index (χ2v) is 8.06. The summed E-state index contributed by atoms with van der Waals surface area (Å²) in [5.41, 5.74) is 10.2. The molecule has 7 heteroatoms. The molecule has 0 aliphatic carbocycles. The number of primary amides is 1. The summed E-state index contributed by atoms with van der Waals surface area (Å²) in [6.07, 6.45) is 4.32. The third kappa shape index (κ3) is 3.64. The predicted octanol–water partition coefficient (Wildman–Crippen LogP) is 4.13. The maximum Gasteiger partial charge on any atom is 0.339 e. The van der Waals surface area contributed by atoms with Crippen LogP contribution in [0.25, 0.3) is 5.65 Å². The normalized spacial score (nSPS) is 17.4. The van der Waals surface area contributed by atoms with Crippen LogP contribution in [0.15, 0.2) is 79.1 Å². The minimum absolute atomic E-state index is 0.393. The number of amides is 2. The quantitative estimate of drug-likeness (QED) is 0.457. The van der Waals surface area contributed by atoms with E-state index in [2.05, 4.69) is 29.1 Å². The lowest BCUT2D eigenvalue weighted by Gasteiger charge is -2.36. The third-order valence-electron chi connectivity index (χ3n) is 6.06. The van der Waals surface area contributed by atoms with E-state index in [9.17, 15) is 4.79 Å². The van der Waals surface area contributed by atoms with Crippen LogP contribution in [-0.2, 0) is 10.4 Å². The van der Waals surface area contributed by atoms with Gasteiger partial charge in [-0.2, -0.15) is 5.06 Å². The number of fused-ring (bicyclic) bond motifs is 1. The second kappa shape index (κ2) is 8.93. The standard InChI is InChI=1S/C27H25N5O2/c1-2-29-24-12-7-16-31-23(19-30-25(24)31)14-13-20-8-6-11-22(18-20)27(21-9-4-3-5-10-21)15-17-34-32(27)26(28)33/h3-12,16,18-19,29H,2,15,17H2,1H3,(H2,28,33). The van der Waals surface area contributed by atoms with Gasteiger partial charge in [-0.25, -0.2) is 9.78 Å². The van der Waals surface area contributed by atoms with Gasteiger partial charge in [0.05, 0.1) is 18.5 Å². The summed E-state index contributed by atoms with van der Waals surface area (Å²) < 4.78 is 1.97. The Morgan fingerprint density at radius 1 is 1.12 bits per heavy atom. The second-order valence-electron chi connectivity index (χ2n) is 8.06. The average Bonchev–Trinajstić information content (AvgIpc) is 3.50. The van der Waals surface area contributed by atoms with E-state index in [4.69, 9.17) is 10.6 Å². The van der Waals surface area contributed by atoms with Crippen LogP contribution in [0.5, 0.6) is 0 Å². The number of carbonyl (C=O) groups excluding carboxylic acids is 1. The van der Waals surface area contributed by atoms with Gasteiger partial charge in [-0.05, 0) is 48.2 Å². The van der Waals surface area contributed by atoms with Gasteiger partial charge >= 0.3 is 6.03 Å². The molecule has 1 atom stereocenters. The summed E-state index contributed by atoms with van der Waals surface area (Å²) >= 11 is 0. The van der Waals surface area contributed by atoms with Crippen LogP contribution in [0.3, 0.4) is 0 Å². The highest BCUT2D eigenvalue weighted by molar-refractivity contribution is 5.73. The Kier molecular flexibility index (Phi) is 5.66. The zero-order chi connectivity index (χ0) is 23.5. The molecule has 3 heterocycles.